The van der Waals surface area contributed by atoms with E-state index in [2.05, 4.69) is 15.1 Å². The number of nitrogens with zero attached hydrogens (tertiary/aromatic N) is 5. The number of benzene rings is 1. The molecule has 1 fully saturated rings. The largest absolute Gasteiger partial charge is 0.461 e. The molecule has 0 unspecified atom stereocenters. The molecule has 11 nitrogen and oxygen atoms in total. The van der Waals surface area contributed by atoms with Crippen LogP contribution in [0, 0.1) is 0 Å². The van der Waals surface area contributed by atoms with Crippen molar-refractivity contribution in [3.8, 4) is 5.69 Å². The van der Waals surface area contributed by atoms with Gasteiger partial charge in [-0.2, -0.15) is 5.10 Å². The van der Waals surface area contributed by atoms with E-state index in [0.717, 1.165) is 0 Å². The molecule has 3 aromatic heterocycles. The van der Waals surface area contributed by atoms with Crippen molar-refractivity contribution in [3.63, 3.8) is 0 Å². The molecule has 188 valence electrons. The summed E-state index contributed by atoms with van der Waals surface area (Å²) in [7, 11) is 0. The fourth-order valence-corrected chi connectivity index (χ4v) is 4.35. The molecule has 1 aromatic carbocycles. The minimum Gasteiger partial charge on any atom is -0.461 e. The normalized spacial score (nSPS) is 13.5. The predicted molar refractivity (Wildman–Crippen MR) is 132 cm³/mol. The number of carbonyl (C=O) groups is 4. The van der Waals surface area contributed by atoms with E-state index in [4.69, 9.17) is 4.74 Å². The zero-order valence-electron chi connectivity index (χ0n) is 20.1. The summed E-state index contributed by atoms with van der Waals surface area (Å²) in [5, 5.41) is 4.22. The molecule has 4 heterocycles. The minimum absolute atomic E-state index is 0.104. The van der Waals surface area contributed by atoms with Gasteiger partial charge in [0.05, 0.1) is 29.6 Å². The first-order valence-corrected chi connectivity index (χ1v) is 11.8. The third-order valence-electron chi connectivity index (χ3n) is 6.21. The number of piperazine rings is 1. The van der Waals surface area contributed by atoms with Crippen LogP contribution in [0.3, 0.4) is 0 Å². The zero-order chi connectivity index (χ0) is 25.9. The Morgan fingerprint density at radius 3 is 2.41 bits per heavy atom. The Balaban J connectivity index is 1.33. The van der Waals surface area contributed by atoms with E-state index < -0.39 is 17.7 Å². The SMILES string of the molecule is CCOC(=O)c1ccnn1-c1ccnc2c(C(=O)C(=O)N3CCN(C(=O)c4ccccc4)CC3)c[nH]c12. The Bertz CT molecular complexity index is 1480. The summed E-state index contributed by atoms with van der Waals surface area (Å²) in [6, 6.07) is 12.1. The Hall–Kier alpha value is -4.80. The van der Waals surface area contributed by atoms with E-state index in [1.807, 2.05) is 6.07 Å². The van der Waals surface area contributed by atoms with Crippen LogP contribution in [0.15, 0.2) is 61.1 Å². The van der Waals surface area contributed by atoms with Gasteiger partial charge < -0.3 is 19.5 Å². The van der Waals surface area contributed by atoms with E-state index in [-0.39, 0.29) is 36.9 Å². The average Bonchev–Trinajstić information content (AvgIpc) is 3.60. The van der Waals surface area contributed by atoms with Gasteiger partial charge in [-0.1, -0.05) is 18.2 Å². The summed E-state index contributed by atoms with van der Waals surface area (Å²) in [4.78, 5) is 61.7. The first-order chi connectivity index (χ1) is 18.0. The van der Waals surface area contributed by atoms with Gasteiger partial charge in [0.15, 0.2) is 5.69 Å². The highest BCUT2D eigenvalue weighted by atomic mass is 16.5. The number of fused-ring (bicyclic) bond motifs is 1. The number of nitrogens with one attached hydrogen (secondary N) is 1. The van der Waals surface area contributed by atoms with Gasteiger partial charge >= 0.3 is 5.97 Å². The number of hydrogen-bond donors (Lipinski definition) is 1. The molecule has 0 atom stereocenters. The van der Waals surface area contributed by atoms with E-state index >= 15 is 0 Å². The van der Waals surface area contributed by atoms with Crippen LogP contribution in [-0.2, 0) is 9.53 Å². The number of ether oxygens (including phenoxy) is 1. The smallest absolute Gasteiger partial charge is 0.357 e. The Morgan fingerprint density at radius 1 is 0.946 bits per heavy atom. The molecule has 0 saturated carbocycles. The van der Waals surface area contributed by atoms with Crippen LogP contribution in [0.5, 0.6) is 0 Å². The lowest BCUT2D eigenvalue weighted by molar-refractivity contribution is -0.127. The van der Waals surface area contributed by atoms with Gasteiger partial charge in [0.1, 0.15) is 5.52 Å². The molecule has 11 heteroatoms. The van der Waals surface area contributed by atoms with E-state index in [1.54, 1.807) is 42.2 Å². The maximum absolute atomic E-state index is 13.2. The second kappa shape index (κ2) is 10.1. The molecule has 1 saturated heterocycles. The second-order valence-electron chi connectivity index (χ2n) is 8.38. The Labute approximate surface area is 211 Å². The van der Waals surface area contributed by atoms with Crippen molar-refractivity contribution in [1.29, 1.82) is 0 Å². The number of hydrogen-bond acceptors (Lipinski definition) is 7. The summed E-state index contributed by atoms with van der Waals surface area (Å²) < 4.78 is 6.50. The number of pyridine rings is 1. The van der Waals surface area contributed by atoms with Crippen LogP contribution >= 0.6 is 0 Å². The molecule has 1 aliphatic rings. The molecule has 0 aliphatic carbocycles. The molecule has 37 heavy (non-hydrogen) atoms. The van der Waals surface area contributed by atoms with Crippen LogP contribution in [0.2, 0.25) is 0 Å². The molecule has 5 rings (SSSR count). The van der Waals surface area contributed by atoms with Crippen LogP contribution in [0.1, 0.15) is 38.1 Å². The van der Waals surface area contributed by atoms with E-state index in [9.17, 15) is 19.2 Å². The van der Waals surface area contributed by atoms with Crippen molar-refractivity contribution in [2.24, 2.45) is 0 Å². The van der Waals surface area contributed by atoms with Crippen molar-refractivity contribution in [1.82, 2.24) is 29.5 Å². The maximum Gasteiger partial charge on any atom is 0.357 e. The number of aromatic amines is 1. The van der Waals surface area contributed by atoms with Crippen LogP contribution in [0.4, 0.5) is 0 Å². The minimum atomic E-state index is -0.704. The highest BCUT2D eigenvalue weighted by Crippen LogP contribution is 2.24. The number of carbonyl (C=O) groups excluding carboxylic acids is 4. The Kier molecular flexibility index (Phi) is 6.50. The van der Waals surface area contributed by atoms with Gasteiger partial charge in [0, 0.05) is 44.1 Å². The fraction of sp³-hybridized carbons (Fsp3) is 0.231. The van der Waals surface area contributed by atoms with Gasteiger partial charge in [0.2, 0.25) is 0 Å². The predicted octanol–water partition coefficient (Wildman–Crippen LogP) is 2.09. The standard InChI is InChI=1S/C26H24N6O5/c1-2-37-26(36)20-9-11-29-32(20)19-8-10-27-21-18(16-28-22(19)21)23(33)25(35)31-14-12-30(13-15-31)24(34)17-6-4-3-5-7-17/h3-11,16,28H,2,12-15H2,1H3. The number of amides is 2. The molecule has 0 bridgehead atoms. The van der Waals surface area contributed by atoms with Crippen molar-refractivity contribution >= 4 is 34.6 Å². The van der Waals surface area contributed by atoms with Gasteiger partial charge in [-0.25, -0.2) is 9.48 Å². The number of rotatable bonds is 6. The summed E-state index contributed by atoms with van der Waals surface area (Å²) in [6.45, 7) is 3.09. The van der Waals surface area contributed by atoms with Crippen LogP contribution in [0.25, 0.3) is 16.7 Å². The molecule has 0 radical (unpaired) electrons. The second-order valence-corrected chi connectivity index (χ2v) is 8.38. The summed E-state index contributed by atoms with van der Waals surface area (Å²) in [6.07, 6.45) is 4.39. The maximum atomic E-state index is 13.2. The van der Waals surface area contributed by atoms with E-state index in [0.29, 0.717) is 35.4 Å². The third-order valence-corrected chi connectivity index (χ3v) is 6.21. The third kappa shape index (κ3) is 4.46. The molecule has 0 spiro atoms. The number of H-pyrrole nitrogens is 1. The summed E-state index contributed by atoms with van der Waals surface area (Å²) >= 11 is 0. The number of esters is 1. The molecular formula is C26H24N6O5. The lowest BCUT2D eigenvalue weighted by Crippen LogP contribution is -2.52. The molecule has 1 aliphatic heterocycles. The molecule has 2 amide bonds. The van der Waals surface area contributed by atoms with Crippen LogP contribution < -0.4 is 0 Å². The van der Waals surface area contributed by atoms with Crippen LogP contribution in [-0.4, -0.2) is 85.9 Å². The number of ketones is 1. The average molecular weight is 501 g/mol. The van der Waals surface area contributed by atoms with Gasteiger partial charge in [-0.3, -0.25) is 19.4 Å². The van der Waals surface area contributed by atoms with Gasteiger partial charge in [0.25, 0.3) is 17.6 Å². The van der Waals surface area contributed by atoms with Gasteiger partial charge in [-0.15, -0.1) is 0 Å². The van der Waals surface area contributed by atoms with Crippen molar-refractivity contribution in [2.75, 3.05) is 32.8 Å². The number of aromatic nitrogens is 4. The van der Waals surface area contributed by atoms with E-state index in [1.165, 1.54) is 34.2 Å². The van der Waals surface area contributed by atoms with Gasteiger partial charge in [-0.05, 0) is 31.2 Å². The monoisotopic (exact) mass is 500 g/mol. The highest BCUT2D eigenvalue weighted by molar-refractivity contribution is 6.44. The number of Topliss-reactive ketones (excluding diaryl/α,β-unsaturated/α-hetero) is 1. The Morgan fingerprint density at radius 2 is 1.68 bits per heavy atom. The molecule has 4 aromatic rings. The summed E-state index contributed by atoms with van der Waals surface area (Å²) in [5.74, 6) is -2.00. The summed E-state index contributed by atoms with van der Waals surface area (Å²) in [5.41, 5.74) is 2.15. The first kappa shape index (κ1) is 23.9. The lowest BCUT2D eigenvalue weighted by Gasteiger charge is -2.34. The zero-order valence-corrected chi connectivity index (χ0v) is 20.1. The topological polar surface area (TPSA) is 130 Å². The van der Waals surface area contributed by atoms with Crippen molar-refractivity contribution in [3.05, 3.63) is 77.9 Å². The fourth-order valence-electron chi connectivity index (χ4n) is 4.35. The molecular weight excluding hydrogens is 476 g/mol. The highest BCUT2D eigenvalue weighted by Gasteiger charge is 2.31. The first-order valence-electron chi connectivity index (χ1n) is 11.8. The molecule has 1 N–H and O–H groups in total. The van der Waals surface area contributed by atoms with Crippen molar-refractivity contribution < 1.29 is 23.9 Å². The quantitative estimate of drug-likeness (QED) is 0.244. The van der Waals surface area contributed by atoms with Crippen molar-refractivity contribution in [2.45, 2.75) is 6.92 Å². The lowest BCUT2D eigenvalue weighted by atomic mass is 10.1.